The van der Waals surface area contributed by atoms with Crippen LogP contribution in [0.3, 0.4) is 0 Å². The van der Waals surface area contributed by atoms with E-state index in [0.29, 0.717) is 23.8 Å². The first-order valence-electron chi connectivity index (χ1n) is 8.70. The van der Waals surface area contributed by atoms with Crippen molar-refractivity contribution in [1.82, 2.24) is 10.2 Å². The summed E-state index contributed by atoms with van der Waals surface area (Å²) in [6, 6.07) is 11.0. The Kier molecular flexibility index (Phi) is 7.44. The second-order valence-corrected chi connectivity index (χ2v) is 7.58. The van der Waals surface area contributed by atoms with Gasteiger partial charge in [-0.2, -0.15) is 11.8 Å². The summed E-state index contributed by atoms with van der Waals surface area (Å²) in [4.78, 5) is 14.5. The summed E-state index contributed by atoms with van der Waals surface area (Å²) >= 11 is 1.94. The lowest BCUT2D eigenvalue weighted by atomic mass is 9.96. The number of carbonyl (C=O) groups is 1. The van der Waals surface area contributed by atoms with Gasteiger partial charge in [0.15, 0.2) is 0 Å². The Morgan fingerprint density at radius 2 is 2.09 bits per heavy atom. The van der Waals surface area contributed by atoms with Gasteiger partial charge in [-0.3, -0.25) is 9.69 Å². The van der Waals surface area contributed by atoms with Gasteiger partial charge in [0.2, 0.25) is 5.91 Å². The summed E-state index contributed by atoms with van der Waals surface area (Å²) < 4.78 is 0. The maximum Gasteiger partial charge on any atom is 0.234 e. The van der Waals surface area contributed by atoms with Gasteiger partial charge in [0.05, 0.1) is 6.54 Å². The lowest BCUT2D eigenvalue weighted by molar-refractivity contribution is -0.122. The Morgan fingerprint density at radius 1 is 1.35 bits per heavy atom. The van der Waals surface area contributed by atoms with E-state index in [2.05, 4.69) is 54.7 Å². The second kappa shape index (κ2) is 9.33. The molecule has 1 amide bonds. The van der Waals surface area contributed by atoms with E-state index in [1.54, 1.807) is 0 Å². The summed E-state index contributed by atoms with van der Waals surface area (Å²) in [5.74, 6) is 0.546. The van der Waals surface area contributed by atoms with Crippen LogP contribution in [0.2, 0.25) is 0 Å². The van der Waals surface area contributed by atoms with Gasteiger partial charge in [-0.1, -0.05) is 43.7 Å². The number of carbonyl (C=O) groups excluding carboxylic acids is 1. The van der Waals surface area contributed by atoms with Gasteiger partial charge in [0.25, 0.3) is 0 Å². The van der Waals surface area contributed by atoms with Crippen molar-refractivity contribution in [3.63, 3.8) is 0 Å². The van der Waals surface area contributed by atoms with E-state index >= 15 is 0 Å². The summed E-state index contributed by atoms with van der Waals surface area (Å²) in [7, 11) is 2.09. The average molecular weight is 335 g/mol. The fourth-order valence-electron chi connectivity index (χ4n) is 3.55. The molecule has 23 heavy (non-hydrogen) atoms. The van der Waals surface area contributed by atoms with Crippen LogP contribution in [0.25, 0.3) is 0 Å². The molecule has 1 aliphatic carbocycles. The number of nitrogens with one attached hydrogen (secondary N) is 1. The van der Waals surface area contributed by atoms with E-state index < -0.39 is 0 Å². The Hall–Kier alpha value is -1.00. The maximum atomic E-state index is 12.3. The molecule has 3 unspecified atom stereocenters. The minimum Gasteiger partial charge on any atom is -0.354 e. The Labute approximate surface area is 145 Å². The third-order valence-corrected chi connectivity index (χ3v) is 6.14. The van der Waals surface area contributed by atoms with E-state index in [4.69, 9.17) is 0 Å². The van der Waals surface area contributed by atoms with Gasteiger partial charge in [0.1, 0.15) is 0 Å². The highest BCUT2D eigenvalue weighted by Gasteiger charge is 2.30. The van der Waals surface area contributed by atoms with Crippen molar-refractivity contribution in [2.24, 2.45) is 0 Å². The molecule has 0 aliphatic heterocycles. The third kappa shape index (κ3) is 5.25. The highest BCUT2D eigenvalue weighted by molar-refractivity contribution is 7.99. The first-order chi connectivity index (χ1) is 11.2. The predicted octanol–water partition coefficient (Wildman–Crippen LogP) is 3.51. The fourth-order valence-corrected chi connectivity index (χ4v) is 4.61. The molecule has 0 aromatic heterocycles. The molecular formula is C19H30N2OS. The molecule has 0 spiro atoms. The number of rotatable bonds is 8. The number of nitrogens with zero attached hydrogens (tertiary/aromatic N) is 1. The number of hydrogen-bond donors (Lipinski definition) is 1. The zero-order valence-electron chi connectivity index (χ0n) is 14.6. The largest absolute Gasteiger partial charge is 0.354 e. The number of hydrogen-bond acceptors (Lipinski definition) is 3. The molecule has 128 valence electrons. The molecule has 4 heteroatoms. The molecular weight excluding hydrogens is 304 g/mol. The SMILES string of the molecule is CCC(CNC(=O)CN(C)C1CCCC1SC)c1ccccc1. The van der Waals surface area contributed by atoms with Gasteiger partial charge in [-0.25, -0.2) is 0 Å². The van der Waals surface area contributed by atoms with Crippen LogP contribution >= 0.6 is 11.8 Å². The Morgan fingerprint density at radius 3 is 2.74 bits per heavy atom. The second-order valence-electron chi connectivity index (χ2n) is 6.51. The van der Waals surface area contributed by atoms with E-state index in [0.717, 1.165) is 13.0 Å². The van der Waals surface area contributed by atoms with Gasteiger partial charge >= 0.3 is 0 Å². The van der Waals surface area contributed by atoms with Gasteiger partial charge < -0.3 is 5.32 Å². The topological polar surface area (TPSA) is 32.3 Å². The van der Waals surface area contributed by atoms with Crippen molar-refractivity contribution in [3.05, 3.63) is 35.9 Å². The van der Waals surface area contributed by atoms with Crippen LogP contribution in [0.15, 0.2) is 30.3 Å². The lowest BCUT2D eigenvalue weighted by Crippen LogP contribution is -2.43. The molecule has 3 nitrogen and oxygen atoms in total. The summed E-state index contributed by atoms with van der Waals surface area (Å²) in [5.41, 5.74) is 1.31. The average Bonchev–Trinajstić information content (AvgIpc) is 3.05. The Bertz CT molecular complexity index is 480. The summed E-state index contributed by atoms with van der Waals surface area (Å²) in [6.45, 7) is 3.41. The highest BCUT2D eigenvalue weighted by Crippen LogP contribution is 2.31. The van der Waals surface area contributed by atoms with Crippen LogP contribution in [0.1, 0.15) is 44.1 Å². The summed E-state index contributed by atoms with van der Waals surface area (Å²) in [6.07, 6.45) is 7.01. The van der Waals surface area contributed by atoms with Crippen LogP contribution < -0.4 is 5.32 Å². The molecule has 3 atom stereocenters. The molecule has 0 bridgehead atoms. The van der Waals surface area contributed by atoms with E-state index in [1.807, 2.05) is 17.8 Å². The van der Waals surface area contributed by atoms with Gasteiger partial charge in [0, 0.05) is 23.8 Å². The molecule has 1 aromatic rings. The normalized spacial score (nSPS) is 22.3. The molecule has 1 saturated carbocycles. The van der Waals surface area contributed by atoms with E-state index in [9.17, 15) is 4.79 Å². The van der Waals surface area contributed by atoms with Gasteiger partial charge in [-0.15, -0.1) is 0 Å². The predicted molar refractivity (Wildman–Crippen MR) is 100 cm³/mol. The molecule has 1 aromatic carbocycles. The van der Waals surface area contributed by atoms with Crippen molar-refractivity contribution in [2.45, 2.75) is 49.8 Å². The standard InChI is InChI=1S/C19H30N2OS/c1-4-15(16-9-6-5-7-10-16)13-20-19(22)14-21(2)17-11-8-12-18(17)23-3/h5-7,9-10,15,17-18H,4,8,11-14H2,1-3H3,(H,20,22). The monoisotopic (exact) mass is 334 g/mol. The van der Waals surface area contributed by atoms with Gasteiger partial charge in [-0.05, 0) is 38.1 Å². The van der Waals surface area contributed by atoms with Crippen molar-refractivity contribution in [2.75, 3.05) is 26.4 Å². The molecule has 1 aliphatic rings. The number of benzene rings is 1. The summed E-state index contributed by atoms with van der Waals surface area (Å²) in [5, 5.41) is 3.81. The van der Waals surface area contributed by atoms with Crippen LogP contribution in [-0.4, -0.2) is 48.5 Å². The minimum absolute atomic E-state index is 0.147. The smallest absolute Gasteiger partial charge is 0.234 e. The third-order valence-electron chi connectivity index (χ3n) is 4.99. The molecule has 0 radical (unpaired) electrons. The number of amides is 1. The molecule has 0 saturated heterocycles. The van der Waals surface area contributed by atoms with Crippen LogP contribution in [0.5, 0.6) is 0 Å². The highest BCUT2D eigenvalue weighted by atomic mass is 32.2. The van der Waals surface area contributed by atoms with Crippen molar-refractivity contribution >= 4 is 17.7 Å². The van der Waals surface area contributed by atoms with Crippen molar-refractivity contribution in [1.29, 1.82) is 0 Å². The van der Waals surface area contributed by atoms with E-state index in [1.165, 1.54) is 24.8 Å². The molecule has 1 fully saturated rings. The molecule has 0 heterocycles. The zero-order valence-corrected chi connectivity index (χ0v) is 15.4. The van der Waals surface area contributed by atoms with Crippen LogP contribution in [0, 0.1) is 0 Å². The van der Waals surface area contributed by atoms with Crippen molar-refractivity contribution in [3.8, 4) is 0 Å². The number of thioether (sulfide) groups is 1. The van der Waals surface area contributed by atoms with Crippen LogP contribution in [-0.2, 0) is 4.79 Å². The first kappa shape index (κ1) is 18.3. The van der Waals surface area contributed by atoms with Crippen molar-refractivity contribution < 1.29 is 4.79 Å². The first-order valence-corrected chi connectivity index (χ1v) is 9.99. The van der Waals surface area contributed by atoms with Crippen LogP contribution in [0.4, 0.5) is 0 Å². The minimum atomic E-state index is 0.147. The maximum absolute atomic E-state index is 12.3. The quantitative estimate of drug-likeness (QED) is 0.789. The fraction of sp³-hybridized carbons (Fsp3) is 0.632. The number of likely N-dealkylation sites (N-methyl/N-ethyl adjacent to an activating group) is 1. The van der Waals surface area contributed by atoms with E-state index in [-0.39, 0.29) is 5.91 Å². The molecule has 1 N–H and O–H groups in total. The zero-order chi connectivity index (χ0) is 16.7. The molecule has 2 rings (SSSR count). The lowest BCUT2D eigenvalue weighted by Gasteiger charge is -2.28. The Balaban J connectivity index is 1.80.